The highest BCUT2D eigenvalue weighted by Crippen LogP contribution is 2.42. The van der Waals surface area contributed by atoms with Crippen LogP contribution in [0.2, 0.25) is 0 Å². The number of hydrogen-bond donors (Lipinski definition) is 0. The Bertz CT molecular complexity index is 4130. The molecule has 0 aliphatic carbocycles. The Morgan fingerprint density at radius 3 is 1.17 bits per heavy atom. The maximum atomic E-state index is 2.61. The van der Waals surface area contributed by atoms with Crippen molar-refractivity contribution in [3.05, 3.63) is 273 Å². The minimum Gasteiger partial charge on any atom is -0.309 e. The van der Waals surface area contributed by atoms with Gasteiger partial charge < -0.3 is 13.7 Å². The summed E-state index contributed by atoms with van der Waals surface area (Å²) in [6, 6.07) is 102. The highest BCUT2D eigenvalue weighted by Gasteiger charge is 2.44. The van der Waals surface area contributed by atoms with E-state index in [4.69, 9.17) is 0 Å². The van der Waals surface area contributed by atoms with Gasteiger partial charge in [0.1, 0.15) is 0 Å². The van der Waals surface area contributed by atoms with E-state index in [0.29, 0.717) is 0 Å². The molecule has 4 heteroatoms. The van der Waals surface area contributed by atoms with Crippen LogP contribution >= 0.6 is 0 Å². The topological polar surface area (TPSA) is 14.8 Å². The molecule has 0 amide bonds. The van der Waals surface area contributed by atoms with Gasteiger partial charge in [0.15, 0.2) is 8.07 Å². The van der Waals surface area contributed by atoms with Gasteiger partial charge >= 0.3 is 0 Å². The highest BCUT2D eigenvalue weighted by atomic mass is 28.3. The van der Waals surface area contributed by atoms with Gasteiger partial charge in [-0.1, -0.05) is 224 Å². The Kier molecular flexibility index (Phi) is 9.23. The van der Waals surface area contributed by atoms with E-state index in [1.807, 2.05) is 0 Å². The van der Waals surface area contributed by atoms with Gasteiger partial charge in [-0.05, 0) is 74.8 Å². The normalized spacial score (nSPS) is 12.0. The smallest absolute Gasteiger partial charge is 0.181 e. The third-order valence-electron chi connectivity index (χ3n) is 14.8. The highest BCUT2D eigenvalue weighted by molar-refractivity contribution is 7.20. The van der Waals surface area contributed by atoms with Crippen molar-refractivity contribution in [2.75, 3.05) is 0 Å². The number of benzene rings is 11. The summed E-state index contributed by atoms with van der Waals surface area (Å²) in [4.78, 5) is 0. The maximum Gasteiger partial charge on any atom is 0.181 e. The summed E-state index contributed by atoms with van der Waals surface area (Å²) in [5.74, 6) is 0. The third-order valence-corrected chi connectivity index (χ3v) is 19.6. The second-order valence-electron chi connectivity index (χ2n) is 18.4. The lowest BCUT2D eigenvalue weighted by Crippen LogP contribution is -2.75. The lowest BCUT2D eigenvalue weighted by atomic mass is 10.0. The van der Waals surface area contributed by atoms with Crippen LogP contribution in [0.5, 0.6) is 0 Å². The summed E-state index contributed by atoms with van der Waals surface area (Å²) in [6.45, 7) is 0. The van der Waals surface area contributed by atoms with Gasteiger partial charge in [-0.25, -0.2) is 0 Å². The molecule has 0 atom stereocenters. The van der Waals surface area contributed by atoms with E-state index < -0.39 is 8.07 Å². The van der Waals surface area contributed by atoms with Crippen molar-refractivity contribution in [3.8, 4) is 28.2 Å². The van der Waals surface area contributed by atoms with Crippen molar-refractivity contribution in [3.63, 3.8) is 0 Å². The van der Waals surface area contributed by atoms with E-state index in [1.165, 1.54) is 97.5 Å². The summed E-state index contributed by atoms with van der Waals surface area (Å²) in [5, 5.41) is 12.7. The molecule has 14 aromatic rings. The van der Waals surface area contributed by atoms with Gasteiger partial charge in [0.25, 0.3) is 0 Å². The number of para-hydroxylation sites is 6. The van der Waals surface area contributed by atoms with Crippen LogP contribution in [-0.4, -0.2) is 21.8 Å². The predicted molar refractivity (Wildman–Crippen MR) is 299 cm³/mol. The molecule has 0 spiro atoms. The first-order valence-electron chi connectivity index (χ1n) is 24.2. The largest absolute Gasteiger partial charge is 0.309 e. The minimum atomic E-state index is -3.19. The lowest BCUT2D eigenvalue weighted by Gasteiger charge is -2.36. The average Bonchev–Trinajstić information content (AvgIpc) is 4.08. The van der Waals surface area contributed by atoms with Gasteiger partial charge in [-0.2, -0.15) is 0 Å². The molecule has 11 aromatic carbocycles. The van der Waals surface area contributed by atoms with Crippen LogP contribution < -0.4 is 20.7 Å². The monoisotopic (exact) mass is 907 g/mol. The summed E-state index contributed by atoms with van der Waals surface area (Å²) >= 11 is 0. The first-order valence-corrected chi connectivity index (χ1v) is 26.2. The molecule has 3 heterocycles. The molecule has 0 aliphatic heterocycles. The molecule has 3 nitrogen and oxygen atoms in total. The molecule has 0 aliphatic rings. The molecule has 14 rings (SSSR count). The third kappa shape index (κ3) is 5.87. The molecular weight excluding hydrogens is 863 g/mol. The average molecular weight is 908 g/mol. The Hall–Kier alpha value is -8.96. The van der Waals surface area contributed by atoms with Gasteiger partial charge in [-0.15, -0.1) is 0 Å². The maximum absolute atomic E-state index is 3.19. The zero-order chi connectivity index (χ0) is 46.2. The van der Waals surface area contributed by atoms with Crippen LogP contribution in [0, 0.1) is 0 Å². The Morgan fingerprint density at radius 2 is 0.629 bits per heavy atom. The molecule has 70 heavy (non-hydrogen) atoms. The van der Waals surface area contributed by atoms with Gasteiger partial charge in [0.2, 0.25) is 0 Å². The molecule has 0 saturated heterocycles. The van der Waals surface area contributed by atoms with E-state index in [2.05, 4.69) is 287 Å². The summed E-state index contributed by atoms with van der Waals surface area (Å²) in [6.07, 6.45) is 0. The van der Waals surface area contributed by atoms with Crippen molar-refractivity contribution in [2.24, 2.45) is 0 Å². The summed E-state index contributed by atoms with van der Waals surface area (Å²) in [7, 11) is -3.19. The molecule has 0 bridgehead atoms. The van der Waals surface area contributed by atoms with E-state index >= 15 is 0 Å². The standard InChI is InChI=1S/C66H45N3Si/c1-5-24-46(25-6-1)50-32-13-18-38-57(50)69-61-42-22-16-35-53(61)55-37-23-43-62(66(55)69)68-60-41-21-17-36-54(60)56-44-64(67-58-39-19-14-33-51(58)52-34-15-20-40-59(52)67)65(45-63(56)68)70(47-26-7-2-8-27-47,48-28-9-3-10-29-48)49-30-11-4-12-31-49/h1-45H. The molecule has 0 N–H and O–H groups in total. The minimum absolute atomic E-state index is 1.13. The van der Waals surface area contributed by atoms with E-state index in [-0.39, 0.29) is 0 Å². The molecule has 3 aromatic heterocycles. The lowest BCUT2D eigenvalue weighted by molar-refractivity contribution is 1.13. The van der Waals surface area contributed by atoms with Gasteiger partial charge in [0, 0.05) is 43.6 Å². The molecule has 0 unspecified atom stereocenters. The van der Waals surface area contributed by atoms with Crippen LogP contribution in [0.15, 0.2) is 273 Å². The summed E-state index contributed by atoms with van der Waals surface area (Å²) < 4.78 is 7.67. The van der Waals surface area contributed by atoms with E-state index in [1.54, 1.807) is 0 Å². The first-order chi connectivity index (χ1) is 34.8. The fourth-order valence-electron chi connectivity index (χ4n) is 11.9. The molecule has 0 saturated carbocycles. The number of aromatic nitrogens is 3. The second kappa shape index (κ2) is 16.1. The molecular formula is C66H45N3Si. The van der Waals surface area contributed by atoms with E-state index in [0.717, 1.165) is 16.9 Å². The Morgan fingerprint density at radius 1 is 0.243 bits per heavy atom. The SMILES string of the molecule is c1ccc(-c2ccccc2-n2c3ccccc3c3cccc(-n4c5ccccc5c5cc(-n6c7ccccc7c7ccccc76)c([Si](c6ccccc6)(c6ccccc6)c6ccccc6)cc54)c32)cc1. The van der Waals surface area contributed by atoms with Crippen LogP contribution in [0.25, 0.3) is 93.6 Å². The predicted octanol–water partition coefficient (Wildman–Crippen LogP) is 14.0. The zero-order valence-electron chi connectivity index (χ0n) is 38.3. The molecule has 0 fully saturated rings. The second-order valence-corrected chi connectivity index (χ2v) is 22.1. The Balaban J connectivity index is 1.20. The van der Waals surface area contributed by atoms with Crippen molar-refractivity contribution < 1.29 is 0 Å². The first kappa shape index (κ1) is 40.1. The fraction of sp³-hybridized carbons (Fsp3) is 0. The molecule has 0 radical (unpaired) electrons. The summed E-state index contributed by atoms with van der Waals surface area (Å²) in [5.41, 5.74) is 12.9. The van der Waals surface area contributed by atoms with Crippen LogP contribution in [0.1, 0.15) is 0 Å². The van der Waals surface area contributed by atoms with Crippen molar-refractivity contribution in [1.29, 1.82) is 0 Å². The fourth-order valence-corrected chi connectivity index (χ4v) is 16.9. The van der Waals surface area contributed by atoms with Crippen LogP contribution in [0.4, 0.5) is 0 Å². The van der Waals surface area contributed by atoms with Crippen molar-refractivity contribution in [1.82, 2.24) is 13.7 Å². The quantitative estimate of drug-likeness (QED) is 0.107. The number of hydrogen-bond acceptors (Lipinski definition) is 0. The number of rotatable bonds is 8. The zero-order valence-corrected chi connectivity index (χ0v) is 39.3. The number of nitrogens with zero attached hydrogens (tertiary/aromatic N) is 3. The Labute approximate surface area is 407 Å². The van der Waals surface area contributed by atoms with Gasteiger partial charge in [0.05, 0.1) is 44.5 Å². The molecule has 328 valence electrons. The van der Waals surface area contributed by atoms with Crippen LogP contribution in [-0.2, 0) is 0 Å². The number of fused-ring (bicyclic) bond motifs is 9. The van der Waals surface area contributed by atoms with Gasteiger partial charge in [-0.3, -0.25) is 0 Å². The van der Waals surface area contributed by atoms with E-state index in [9.17, 15) is 0 Å². The van der Waals surface area contributed by atoms with Crippen molar-refractivity contribution in [2.45, 2.75) is 0 Å². The van der Waals surface area contributed by atoms with Crippen molar-refractivity contribution >= 4 is 94.2 Å². The van der Waals surface area contributed by atoms with Crippen LogP contribution in [0.3, 0.4) is 0 Å².